The van der Waals surface area contributed by atoms with E-state index in [9.17, 15) is 0 Å². The van der Waals surface area contributed by atoms with Gasteiger partial charge in [-0.2, -0.15) is 0 Å². The van der Waals surface area contributed by atoms with Gasteiger partial charge in [0.05, 0.1) is 0 Å². The molecule has 2 unspecified atom stereocenters. The van der Waals surface area contributed by atoms with Crippen molar-refractivity contribution in [3.63, 3.8) is 0 Å². The van der Waals surface area contributed by atoms with Crippen molar-refractivity contribution in [1.29, 1.82) is 0 Å². The van der Waals surface area contributed by atoms with Gasteiger partial charge in [0.25, 0.3) is 0 Å². The zero-order valence-electron chi connectivity index (χ0n) is 25.5. The summed E-state index contributed by atoms with van der Waals surface area (Å²) in [5.41, 5.74) is 0.0765. The Bertz CT molecular complexity index is 437. The van der Waals surface area contributed by atoms with Crippen LogP contribution in [0.4, 0.5) is 0 Å². The Hall–Kier alpha value is -0.120. The third-order valence-electron chi connectivity index (χ3n) is 8.67. The molecule has 35 heavy (non-hydrogen) atoms. The molecule has 0 aliphatic heterocycles. The molecule has 3 heteroatoms. The van der Waals surface area contributed by atoms with Gasteiger partial charge in [-0.15, -0.1) is 0 Å². The van der Waals surface area contributed by atoms with E-state index in [2.05, 4.69) is 39.9 Å². The summed E-state index contributed by atoms with van der Waals surface area (Å²) in [5.74, 6) is 0.136. The monoisotopic (exact) mass is 498 g/mol. The van der Waals surface area contributed by atoms with Crippen molar-refractivity contribution >= 4 is 0 Å². The van der Waals surface area contributed by atoms with E-state index in [4.69, 9.17) is 9.47 Å². The van der Waals surface area contributed by atoms with E-state index >= 15 is 0 Å². The molecule has 0 aromatic carbocycles. The van der Waals surface area contributed by atoms with Crippen LogP contribution < -0.4 is 5.32 Å². The van der Waals surface area contributed by atoms with Crippen molar-refractivity contribution in [3.05, 3.63) is 0 Å². The zero-order chi connectivity index (χ0) is 26.3. The minimum absolute atomic E-state index is 0.0765. The molecule has 212 valence electrons. The molecule has 0 bridgehead atoms. The molecule has 0 rings (SSSR count). The van der Waals surface area contributed by atoms with Gasteiger partial charge in [0.1, 0.15) is 0 Å². The fourth-order valence-corrected chi connectivity index (χ4v) is 6.24. The molecule has 0 heterocycles. The fraction of sp³-hybridized carbons (Fsp3) is 1.00. The second-order valence-electron chi connectivity index (χ2n) is 11.3. The van der Waals surface area contributed by atoms with Gasteiger partial charge in [-0.05, 0) is 64.5 Å². The van der Waals surface area contributed by atoms with Gasteiger partial charge in [0.15, 0.2) is 5.79 Å². The van der Waals surface area contributed by atoms with Crippen molar-refractivity contribution in [3.8, 4) is 0 Å². The molecular weight excluding hydrogens is 430 g/mol. The van der Waals surface area contributed by atoms with Gasteiger partial charge in [0.2, 0.25) is 0 Å². The Morgan fingerprint density at radius 2 is 1.03 bits per heavy atom. The van der Waals surface area contributed by atoms with Gasteiger partial charge >= 0.3 is 0 Å². The molecule has 0 aromatic rings. The predicted molar refractivity (Wildman–Crippen MR) is 156 cm³/mol. The average molecular weight is 498 g/mol. The number of ether oxygens (including phenoxy) is 2. The molecule has 0 saturated carbocycles. The highest BCUT2D eigenvalue weighted by molar-refractivity contribution is 4.97. The number of nitrogens with one attached hydrogen (secondary N) is 1. The maximum absolute atomic E-state index is 6.29. The van der Waals surface area contributed by atoms with Crippen molar-refractivity contribution in [2.75, 3.05) is 27.3 Å². The Morgan fingerprint density at radius 1 is 0.543 bits per heavy atom. The SMILES string of the molecule is CCCCCCCCCC(CCCNCCCC)(C(CCC)CCCCCCC)C(C)(OC)OC. The summed E-state index contributed by atoms with van der Waals surface area (Å²) in [7, 11) is 3.76. The van der Waals surface area contributed by atoms with E-state index in [-0.39, 0.29) is 5.41 Å². The first-order valence-electron chi connectivity index (χ1n) is 15.8. The second-order valence-corrected chi connectivity index (χ2v) is 11.3. The van der Waals surface area contributed by atoms with Crippen LogP contribution in [0.3, 0.4) is 0 Å². The lowest BCUT2D eigenvalue weighted by atomic mass is 9.61. The summed E-state index contributed by atoms with van der Waals surface area (Å²) >= 11 is 0. The molecule has 2 atom stereocenters. The summed E-state index contributed by atoms with van der Waals surface area (Å²) in [5, 5.41) is 3.70. The van der Waals surface area contributed by atoms with E-state index < -0.39 is 5.79 Å². The summed E-state index contributed by atoms with van der Waals surface area (Å²) < 4.78 is 12.6. The van der Waals surface area contributed by atoms with Crippen LogP contribution in [0.5, 0.6) is 0 Å². The van der Waals surface area contributed by atoms with Crippen LogP contribution in [0.1, 0.15) is 163 Å². The minimum atomic E-state index is -0.526. The summed E-state index contributed by atoms with van der Waals surface area (Å²) in [6.45, 7) is 13.8. The maximum atomic E-state index is 6.29. The van der Waals surface area contributed by atoms with E-state index in [1.165, 1.54) is 128 Å². The molecular formula is C32H67NO2. The second kappa shape index (κ2) is 23.0. The smallest absolute Gasteiger partial charge is 0.170 e. The van der Waals surface area contributed by atoms with Gasteiger partial charge in [-0.25, -0.2) is 0 Å². The Kier molecular flexibility index (Phi) is 23.0. The van der Waals surface area contributed by atoms with Crippen LogP contribution in [0.15, 0.2) is 0 Å². The van der Waals surface area contributed by atoms with E-state index in [0.29, 0.717) is 5.92 Å². The molecule has 0 fully saturated rings. The van der Waals surface area contributed by atoms with Crippen LogP contribution in [-0.4, -0.2) is 33.1 Å². The Morgan fingerprint density at radius 3 is 1.57 bits per heavy atom. The molecule has 0 spiro atoms. The highest BCUT2D eigenvalue weighted by Crippen LogP contribution is 2.52. The molecule has 1 N–H and O–H groups in total. The number of unbranched alkanes of at least 4 members (excludes halogenated alkanes) is 11. The normalized spacial score (nSPS) is 14.8. The fourth-order valence-electron chi connectivity index (χ4n) is 6.24. The van der Waals surface area contributed by atoms with Crippen molar-refractivity contribution < 1.29 is 9.47 Å². The predicted octanol–water partition coefficient (Wildman–Crippen LogP) is 10.1. The highest BCUT2D eigenvalue weighted by Gasteiger charge is 2.52. The third kappa shape index (κ3) is 13.8. The molecule has 0 amide bonds. The lowest BCUT2D eigenvalue weighted by Gasteiger charge is -2.52. The summed E-state index contributed by atoms with van der Waals surface area (Å²) in [6.07, 6.45) is 26.3. The van der Waals surface area contributed by atoms with Crippen LogP contribution >= 0.6 is 0 Å². The van der Waals surface area contributed by atoms with E-state index in [1.807, 2.05) is 14.2 Å². The number of hydrogen-bond acceptors (Lipinski definition) is 3. The minimum Gasteiger partial charge on any atom is -0.353 e. The van der Waals surface area contributed by atoms with E-state index in [1.54, 1.807) is 0 Å². The first-order chi connectivity index (χ1) is 17.0. The van der Waals surface area contributed by atoms with Gasteiger partial charge in [-0.1, -0.05) is 118 Å². The molecule has 0 aliphatic rings. The van der Waals surface area contributed by atoms with Gasteiger partial charge in [-0.3, -0.25) is 0 Å². The van der Waals surface area contributed by atoms with Crippen molar-refractivity contribution in [2.24, 2.45) is 11.3 Å². The number of hydrogen-bond donors (Lipinski definition) is 1. The Balaban J connectivity index is 5.59. The quantitative estimate of drug-likeness (QED) is 0.0904. The zero-order valence-corrected chi connectivity index (χ0v) is 25.5. The van der Waals surface area contributed by atoms with Gasteiger partial charge in [0, 0.05) is 19.6 Å². The third-order valence-corrected chi connectivity index (χ3v) is 8.67. The van der Waals surface area contributed by atoms with Crippen molar-refractivity contribution in [1.82, 2.24) is 5.32 Å². The Labute approximate surface area is 222 Å². The average Bonchev–Trinajstić information content (AvgIpc) is 2.87. The molecule has 0 aromatic heterocycles. The lowest BCUT2D eigenvalue weighted by molar-refractivity contribution is -0.286. The molecule has 0 saturated heterocycles. The van der Waals surface area contributed by atoms with Crippen molar-refractivity contribution in [2.45, 2.75) is 169 Å². The summed E-state index contributed by atoms with van der Waals surface area (Å²) in [4.78, 5) is 0. The van der Waals surface area contributed by atoms with E-state index in [0.717, 1.165) is 13.1 Å². The van der Waals surface area contributed by atoms with Crippen LogP contribution in [0.2, 0.25) is 0 Å². The van der Waals surface area contributed by atoms with Crippen LogP contribution in [0, 0.1) is 11.3 Å². The lowest BCUT2D eigenvalue weighted by Crippen LogP contribution is -2.53. The van der Waals surface area contributed by atoms with Gasteiger partial charge < -0.3 is 14.8 Å². The highest BCUT2D eigenvalue weighted by atomic mass is 16.7. The maximum Gasteiger partial charge on any atom is 0.170 e. The topological polar surface area (TPSA) is 30.5 Å². The standard InChI is InChI=1S/C32H67NO2/c1-8-12-15-17-18-20-22-26-32(31(5,34-6)35-7,27-23-29-33-28-14-10-3)30(24-11-4)25-21-19-16-13-9-2/h30,33H,8-29H2,1-7H3. The first-order valence-corrected chi connectivity index (χ1v) is 15.8. The van der Waals surface area contributed by atoms with Crippen LogP contribution in [0.25, 0.3) is 0 Å². The molecule has 0 radical (unpaired) electrons. The molecule has 0 aliphatic carbocycles. The summed E-state index contributed by atoms with van der Waals surface area (Å²) in [6, 6.07) is 0. The largest absolute Gasteiger partial charge is 0.353 e. The molecule has 3 nitrogen and oxygen atoms in total. The van der Waals surface area contributed by atoms with Crippen LogP contribution in [-0.2, 0) is 9.47 Å². The number of methoxy groups -OCH3 is 2. The number of rotatable bonds is 27. The first kappa shape index (κ1) is 34.9.